The van der Waals surface area contributed by atoms with Crippen molar-refractivity contribution in [3.8, 4) is 0 Å². The Kier molecular flexibility index (Phi) is 6.39. The number of rotatable bonds is 4. The van der Waals surface area contributed by atoms with Gasteiger partial charge in [-0.15, -0.1) is 12.4 Å². The van der Waals surface area contributed by atoms with E-state index in [1.165, 1.54) is 0 Å². The number of nitro groups is 1. The predicted octanol–water partition coefficient (Wildman–Crippen LogP) is 2.50. The third-order valence-electron chi connectivity index (χ3n) is 4.05. The summed E-state index contributed by atoms with van der Waals surface area (Å²) in [4.78, 5) is 13.0. The topological polar surface area (TPSA) is 72.4 Å². The van der Waals surface area contributed by atoms with Crippen LogP contribution in [0.3, 0.4) is 0 Å². The first-order chi connectivity index (χ1) is 9.11. The van der Waals surface area contributed by atoms with E-state index in [1.54, 1.807) is 12.1 Å². The molecule has 1 saturated heterocycles. The van der Waals surface area contributed by atoms with E-state index in [4.69, 9.17) is 5.73 Å². The smallest absolute Gasteiger partial charge is 0.272 e. The first-order valence-electron chi connectivity index (χ1n) is 6.77. The summed E-state index contributed by atoms with van der Waals surface area (Å²) < 4.78 is 0. The van der Waals surface area contributed by atoms with Crippen LogP contribution in [0.1, 0.15) is 24.0 Å². The van der Waals surface area contributed by atoms with Crippen molar-refractivity contribution in [1.29, 1.82) is 0 Å². The highest BCUT2D eigenvalue weighted by Gasteiger charge is 2.20. The summed E-state index contributed by atoms with van der Waals surface area (Å²) in [5.41, 5.74) is 7.74. The first-order valence-corrected chi connectivity index (χ1v) is 6.77. The maximum atomic E-state index is 10.9. The standard InChI is InChI=1S/C14H21N3O2.ClH/c1-11-13(3-2-4-14(11)17(18)19)10-16-7-5-12(9-15)6-8-16;/h2-4,12H,5-10,15H2,1H3;1H. The Hall–Kier alpha value is -1.17. The van der Waals surface area contributed by atoms with Gasteiger partial charge in [0.15, 0.2) is 0 Å². The second-order valence-electron chi connectivity index (χ2n) is 5.27. The lowest BCUT2D eigenvalue weighted by atomic mass is 9.96. The predicted molar refractivity (Wildman–Crippen MR) is 82.1 cm³/mol. The van der Waals surface area contributed by atoms with Gasteiger partial charge < -0.3 is 5.73 Å². The Morgan fingerprint density at radius 3 is 2.60 bits per heavy atom. The number of benzene rings is 1. The van der Waals surface area contributed by atoms with E-state index in [1.807, 2.05) is 13.0 Å². The van der Waals surface area contributed by atoms with Gasteiger partial charge in [0.2, 0.25) is 0 Å². The number of halogens is 1. The largest absolute Gasteiger partial charge is 0.330 e. The lowest BCUT2D eigenvalue weighted by Crippen LogP contribution is -2.35. The molecule has 0 unspecified atom stereocenters. The van der Waals surface area contributed by atoms with Gasteiger partial charge in [0.25, 0.3) is 5.69 Å². The van der Waals surface area contributed by atoms with E-state index in [-0.39, 0.29) is 23.0 Å². The summed E-state index contributed by atoms with van der Waals surface area (Å²) >= 11 is 0. The minimum Gasteiger partial charge on any atom is -0.330 e. The van der Waals surface area contributed by atoms with Crippen molar-refractivity contribution in [1.82, 2.24) is 4.90 Å². The van der Waals surface area contributed by atoms with Crippen LogP contribution in [-0.2, 0) is 6.54 Å². The lowest BCUT2D eigenvalue weighted by molar-refractivity contribution is -0.385. The van der Waals surface area contributed by atoms with Gasteiger partial charge in [0, 0.05) is 18.2 Å². The fraction of sp³-hybridized carbons (Fsp3) is 0.571. The number of piperidine rings is 1. The van der Waals surface area contributed by atoms with Crippen LogP contribution in [0.5, 0.6) is 0 Å². The molecular formula is C14H22ClN3O2. The van der Waals surface area contributed by atoms with Gasteiger partial charge in [0.1, 0.15) is 0 Å². The number of nitrogens with zero attached hydrogens (tertiary/aromatic N) is 2. The van der Waals surface area contributed by atoms with E-state index in [2.05, 4.69) is 4.90 Å². The highest BCUT2D eigenvalue weighted by Crippen LogP contribution is 2.24. The molecule has 0 amide bonds. The summed E-state index contributed by atoms with van der Waals surface area (Å²) in [7, 11) is 0. The van der Waals surface area contributed by atoms with Crippen molar-refractivity contribution in [3.63, 3.8) is 0 Å². The van der Waals surface area contributed by atoms with Gasteiger partial charge >= 0.3 is 0 Å². The molecule has 2 N–H and O–H groups in total. The molecule has 1 aliphatic rings. The monoisotopic (exact) mass is 299 g/mol. The van der Waals surface area contributed by atoms with Crippen LogP contribution >= 0.6 is 12.4 Å². The summed E-state index contributed by atoms with van der Waals surface area (Å²) in [6.07, 6.45) is 2.26. The summed E-state index contributed by atoms with van der Waals surface area (Å²) in [5.74, 6) is 0.641. The molecule has 6 heteroatoms. The molecule has 1 aliphatic heterocycles. The number of nitrogens with two attached hydrogens (primary N) is 1. The van der Waals surface area contributed by atoms with Crippen molar-refractivity contribution < 1.29 is 4.92 Å². The van der Waals surface area contributed by atoms with E-state index < -0.39 is 0 Å². The molecule has 112 valence electrons. The fourth-order valence-electron chi connectivity index (χ4n) is 2.66. The SMILES string of the molecule is Cc1c(CN2CCC(CN)CC2)cccc1[N+](=O)[O-].Cl. The molecule has 0 aliphatic carbocycles. The molecule has 1 aromatic carbocycles. The van der Waals surface area contributed by atoms with E-state index >= 15 is 0 Å². The van der Waals surface area contributed by atoms with Gasteiger partial charge in [-0.25, -0.2) is 0 Å². The zero-order chi connectivity index (χ0) is 13.8. The van der Waals surface area contributed by atoms with Gasteiger partial charge in [-0.2, -0.15) is 0 Å². The number of hydrogen-bond donors (Lipinski definition) is 1. The summed E-state index contributed by atoms with van der Waals surface area (Å²) in [5, 5.41) is 10.9. The maximum absolute atomic E-state index is 10.9. The van der Waals surface area contributed by atoms with Crippen molar-refractivity contribution in [2.75, 3.05) is 19.6 Å². The van der Waals surface area contributed by atoms with E-state index in [0.717, 1.165) is 50.1 Å². The van der Waals surface area contributed by atoms with Gasteiger partial charge in [0.05, 0.1) is 4.92 Å². The minimum atomic E-state index is -0.306. The molecule has 0 spiro atoms. The average molecular weight is 300 g/mol. The first kappa shape index (κ1) is 16.9. The van der Waals surface area contributed by atoms with Gasteiger partial charge in [-0.05, 0) is 50.9 Å². The Morgan fingerprint density at radius 2 is 2.05 bits per heavy atom. The Labute approximate surface area is 125 Å². The average Bonchev–Trinajstić information content (AvgIpc) is 2.41. The summed E-state index contributed by atoms with van der Waals surface area (Å²) in [6, 6.07) is 5.32. The van der Waals surface area contributed by atoms with Crippen molar-refractivity contribution >= 4 is 18.1 Å². The Balaban J connectivity index is 0.00000200. The van der Waals surface area contributed by atoms with Crippen molar-refractivity contribution in [2.24, 2.45) is 11.7 Å². The fourth-order valence-corrected chi connectivity index (χ4v) is 2.66. The van der Waals surface area contributed by atoms with Gasteiger partial charge in [-0.3, -0.25) is 15.0 Å². The van der Waals surface area contributed by atoms with Crippen LogP contribution in [0.15, 0.2) is 18.2 Å². The van der Waals surface area contributed by atoms with Crippen LogP contribution in [0, 0.1) is 23.0 Å². The quantitative estimate of drug-likeness (QED) is 0.685. The second kappa shape index (κ2) is 7.57. The molecule has 0 bridgehead atoms. The van der Waals surface area contributed by atoms with Crippen LogP contribution in [0.4, 0.5) is 5.69 Å². The highest BCUT2D eigenvalue weighted by atomic mass is 35.5. The Morgan fingerprint density at radius 1 is 1.40 bits per heavy atom. The number of hydrogen-bond acceptors (Lipinski definition) is 4. The maximum Gasteiger partial charge on any atom is 0.272 e. The molecule has 20 heavy (non-hydrogen) atoms. The molecule has 0 aromatic heterocycles. The van der Waals surface area contributed by atoms with Crippen LogP contribution in [0.2, 0.25) is 0 Å². The molecule has 0 atom stereocenters. The molecule has 1 fully saturated rings. The molecule has 2 rings (SSSR count). The molecule has 1 heterocycles. The van der Waals surface area contributed by atoms with Crippen LogP contribution in [-0.4, -0.2) is 29.5 Å². The number of likely N-dealkylation sites (tertiary alicyclic amines) is 1. The molecule has 0 saturated carbocycles. The van der Waals surface area contributed by atoms with Crippen LogP contribution < -0.4 is 5.73 Å². The Bertz CT molecular complexity index is 460. The zero-order valence-corrected chi connectivity index (χ0v) is 12.6. The third-order valence-corrected chi connectivity index (χ3v) is 4.05. The molecule has 0 radical (unpaired) electrons. The van der Waals surface area contributed by atoms with Crippen molar-refractivity contribution in [3.05, 3.63) is 39.4 Å². The van der Waals surface area contributed by atoms with E-state index in [0.29, 0.717) is 5.92 Å². The normalized spacial score (nSPS) is 16.7. The second-order valence-corrected chi connectivity index (χ2v) is 5.27. The third kappa shape index (κ3) is 3.91. The van der Waals surface area contributed by atoms with Crippen LogP contribution in [0.25, 0.3) is 0 Å². The minimum absolute atomic E-state index is 0. The van der Waals surface area contributed by atoms with Gasteiger partial charge in [-0.1, -0.05) is 12.1 Å². The summed E-state index contributed by atoms with van der Waals surface area (Å²) in [6.45, 7) is 5.46. The van der Waals surface area contributed by atoms with Crippen molar-refractivity contribution in [2.45, 2.75) is 26.3 Å². The molecular weight excluding hydrogens is 278 g/mol. The number of nitro benzene ring substituents is 1. The molecule has 1 aromatic rings. The lowest BCUT2D eigenvalue weighted by Gasteiger charge is -2.31. The zero-order valence-electron chi connectivity index (χ0n) is 11.7. The highest BCUT2D eigenvalue weighted by molar-refractivity contribution is 5.85. The molecule has 5 nitrogen and oxygen atoms in total. The van der Waals surface area contributed by atoms with E-state index in [9.17, 15) is 10.1 Å².